The van der Waals surface area contributed by atoms with Crippen molar-refractivity contribution in [3.05, 3.63) is 30.1 Å². The standard InChI is InChI=1S/C13H18N4O/c1-3-17-9-16-11-6-10(4-5-12(11)17)7-15-13(18)8-14-2/h4-6,9,14H,3,7-8H2,1-2H3,(H,15,18). The van der Waals surface area contributed by atoms with E-state index in [9.17, 15) is 4.79 Å². The van der Waals surface area contributed by atoms with Crippen LogP contribution in [-0.4, -0.2) is 29.1 Å². The second kappa shape index (κ2) is 5.64. The number of amides is 1. The summed E-state index contributed by atoms with van der Waals surface area (Å²) in [6.07, 6.45) is 1.84. The van der Waals surface area contributed by atoms with Crippen LogP contribution in [0.25, 0.3) is 11.0 Å². The van der Waals surface area contributed by atoms with E-state index in [2.05, 4.69) is 27.1 Å². The molecule has 0 atom stereocenters. The number of aryl methyl sites for hydroxylation is 1. The van der Waals surface area contributed by atoms with Crippen LogP contribution in [0.15, 0.2) is 24.5 Å². The first-order chi connectivity index (χ1) is 8.74. The molecule has 0 spiro atoms. The van der Waals surface area contributed by atoms with E-state index in [4.69, 9.17) is 0 Å². The first kappa shape index (κ1) is 12.6. The SMILES string of the molecule is CCn1cnc2cc(CNC(=O)CNC)ccc21. The summed E-state index contributed by atoms with van der Waals surface area (Å²) in [6.45, 7) is 3.88. The third-order valence-corrected chi connectivity index (χ3v) is 2.85. The Morgan fingerprint density at radius 3 is 3.00 bits per heavy atom. The van der Waals surface area contributed by atoms with Crippen LogP contribution < -0.4 is 10.6 Å². The molecule has 1 aromatic carbocycles. The molecule has 2 aromatic rings. The highest BCUT2D eigenvalue weighted by Crippen LogP contribution is 2.14. The fourth-order valence-corrected chi connectivity index (χ4v) is 1.90. The highest BCUT2D eigenvalue weighted by atomic mass is 16.1. The Morgan fingerprint density at radius 1 is 1.44 bits per heavy atom. The van der Waals surface area contributed by atoms with Crippen molar-refractivity contribution < 1.29 is 4.79 Å². The molecule has 0 unspecified atom stereocenters. The Labute approximate surface area is 106 Å². The Balaban J connectivity index is 2.08. The van der Waals surface area contributed by atoms with E-state index in [0.717, 1.165) is 23.1 Å². The number of benzene rings is 1. The van der Waals surface area contributed by atoms with Crippen LogP contribution in [0.4, 0.5) is 0 Å². The zero-order valence-corrected chi connectivity index (χ0v) is 10.7. The molecule has 0 saturated heterocycles. The van der Waals surface area contributed by atoms with Crippen molar-refractivity contribution in [2.75, 3.05) is 13.6 Å². The Hall–Kier alpha value is -1.88. The number of imidazole rings is 1. The van der Waals surface area contributed by atoms with E-state index in [0.29, 0.717) is 13.1 Å². The lowest BCUT2D eigenvalue weighted by Crippen LogP contribution is -2.31. The average molecular weight is 246 g/mol. The maximum absolute atomic E-state index is 11.3. The number of hydrogen-bond donors (Lipinski definition) is 2. The summed E-state index contributed by atoms with van der Waals surface area (Å²) in [6, 6.07) is 6.09. The van der Waals surface area contributed by atoms with Gasteiger partial charge in [0.05, 0.1) is 23.9 Å². The van der Waals surface area contributed by atoms with E-state index in [1.54, 1.807) is 7.05 Å². The Kier molecular flexibility index (Phi) is 3.94. The summed E-state index contributed by atoms with van der Waals surface area (Å²) in [5.41, 5.74) is 3.16. The fraction of sp³-hybridized carbons (Fsp3) is 0.385. The number of nitrogens with one attached hydrogen (secondary N) is 2. The average Bonchev–Trinajstić information content (AvgIpc) is 2.79. The molecular weight excluding hydrogens is 228 g/mol. The first-order valence-corrected chi connectivity index (χ1v) is 6.09. The lowest BCUT2D eigenvalue weighted by molar-refractivity contribution is -0.120. The molecule has 5 nitrogen and oxygen atoms in total. The molecule has 1 heterocycles. The molecule has 0 saturated carbocycles. The van der Waals surface area contributed by atoms with Crippen LogP contribution in [0.1, 0.15) is 12.5 Å². The van der Waals surface area contributed by atoms with Gasteiger partial charge in [0.2, 0.25) is 5.91 Å². The van der Waals surface area contributed by atoms with Gasteiger partial charge in [-0.25, -0.2) is 4.98 Å². The second-order valence-electron chi connectivity index (χ2n) is 4.16. The number of aromatic nitrogens is 2. The van der Waals surface area contributed by atoms with Crippen molar-refractivity contribution in [1.29, 1.82) is 0 Å². The van der Waals surface area contributed by atoms with Crippen molar-refractivity contribution in [3.8, 4) is 0 Å². The molecule has 18 heavy (non-hydrogen) atoms. The Morgan fingerprint density at radius 2 is 2.28 bits per heavy atom. The molecule has 0 aliphatic heterocycles. The lowest BCUT2D eigenvalue weighted by Gasteiger charge is -2.05. The predicted molar refractivity (Wildman–Crippen MR) is 71.2 cm³/mol. The van der Waals surface area contributed by atoms with Crippen molar-refractivity contribution in [1.82, 2.24) is 20.2 Å². The summed E-state index contributed by atoms with van der Waals surface area (Å²) < 4.78 is 2.10. The minimum absolute atomic E-state index is 0.00307. The van der Waals surface area contributed by atoms with Crippen LogP contribution in [0.3, 0.4) is 0 Å². The van der Waals surface area contributed by atoms with E-state index >= 15 is 0 Å². The van der Waals surface area contributed by atoms with Crippen molar-refractivity contribution >= 4 is 16.9 Å². The van der Waals surface area contributed by atoms with Gasteiger partial charge in [-0.3, -0.25) is 4.79 Å². The third kappa shape index (κ3) is 2.68. The molecule has 0 bridgehead atoms. The summed E-state index contributed by atoms with van der Waals surface area (Å²) in [5.74, 6) is -0.00307. The quantitative estimate of drug-likeness (QED) is 0.824. The molecule has 0 aliphatic rings. The molecule has 5 heteroatoms. The number of nitrogens with zero attached hydrogens (tertiary/aromatic N) is 2. The monoisotopic (exact) mass is 246 g/mol. The maximum atomic E-state index is 11.3. The summed E-state index contributed by atoms with van der Waals surface area (Å²) in [5, 5.41) is 5.67. The summed E-state index contributed by atoms with van der Waals surface area (Å²) in [7, 11) is 1.75. The minimum Gasteiger partial charge on any atom is -0.351 e. The third-order valence-electron chi connectivity index (χ3n) is 2.85. The van der Waals surface area contributed by atoms with Crippen LogP contribution in [0.2, 0.25) is 0 Å². The molecule has 2 N–H and O–H groups in total. The van der Waals surface area contributed by atoms with Gasteiger partial charge in [-0.1, -0.05) is 6.07 Å². The van der Waals surface area contributed by atoms with Crippen LogP contribution in [0, 0.1) is 0 Å². The predicted octanol–water partition coefficient (Wildman–Crippen LogP) is 0.892. The lowest BCUT2D eigenvalue weighted by atomic mass is 10.2. The van der Waals surface area contributed by atoms with Crippen molar-refractivity contribution in [2.24, 2.45) is 0 Å². The topological polar surface area (TPSA) is 59.0 Å². The molecule has 0 radical (unpaired) electrons. The number of carbonyl (C=O) groups is 1. The number of likely N-dealkylation sites (N-methyl/N-ethyl adjacent to an activating group) is 1. The van der Waals surface area contributed by atoms with Gasteiger partial charge in [0.25, 0.3) is 0 Å². The van der Waals surface area contributed by atoms with E-state index < -0.39 is 0 Å². The first-order valence-electron chi connectivity index (χ1n) is 6.09. The molecular formula is C13H18N4O. The van der Waals surface area contributed by atoms with E-state index in [1.165, 1.54) is 0 Å². The molecule has 0 fully saturated rings. The number of hydrogen-bond acceptors (Lipinski definition) is 3. The number of fused-ring (bicyclic) bond motifs is 1. The summed E-state index contributed by atoms with van der Waals surface area (Å²) >= 11 is 0. The van der Waals surface area contributed by atoms with Gasteiger partial charge in [-0.15, -0.1) is 0 Å². The van der Waals surface area contributed by atoms with Crippen LogP contribution in [0.5, 0.6) is 0 Å². The fourth-order valence-electron chi connectivity index (χ4n) is 1.90. The highest BCUT2D eigenvalue weighted by molar-refractivity contribution is 5.79. The number of carbonyl (C=O) groups excluding carboxylic acids is 1. The van der Waals surface area contributed by atoms with Gasteiger partial charge in [0.15, 0.2) is 0 Å². The molecule has 1 aromatic heterocycles. The largest absolute Gasteiger partial charge is 0.351 e. The molecule has 96 valence electrons. The van der Waals surface area contributed by atoms with E-state index in [1.807, 2.05) is 24.5 Å². The van der Waals surface area contributed by atoms with Crippen molar-refractivity contribution in [2.45, 2.75) is 20.0 Å². The molecule has 2 rings (SSSR count). The maximum Gasteiger partial charge on any atom is 0.234 e. The van der Waals surface area contributed by atoms with Crippen LogP contribution >= 0.6 is 0 Å². The number of rotatable bonds is 5. The molecule has 1 amide bonds. The highest BCUT2D eigenvalue weighted by Gasteiger charge is 2.03. The van der Waals surface area contributed by atoms with Gasteiger partial charge < -0.3 is 15.2 Å². The smallest absolute Gasteiger partial charge is 0.234 e. The zero-order chi connectivity index (χ0) is 13.0. The van der Waals surface area contributed by atoms with Gasteiger partial charge in [-0.2, -0.15) is 0 Å². The van der Waals surface area contributed by atoms with Crippen molar-refractivity contribution in [3.63, 3.8) is 0 Å². The van der Waals surface area contributed by atoms with Crippen LogP contribution in [-0.2, 0) is 17.9 Å². The minimum atomic E-state index is -0.00307. The van der Waals surface area contributed by atoms with Gasteiger partial charge >= 0.3 is 0 Å². The van der Waals surface area contributed by atoms with Gasteiger partial charge in [-0.05, 0) is 31.7 Å². The second-order valence-corrected chi connectivity index (χ2v) is 4.16. The summed E-state index contributed by atoms with van der Waals surface area (Å²) in [4.78, 5) is 15.7. The zero-order valence-electron chi connectivity index (χ0n) is 10.7. The van der Waals surface area contributed by atoms with Gasteiger partial charge in [0.1, 0.15) is 0 Å². The normalized spacial score (nSPS) is 10.8. The Bertz CT molecular complexity index is 547. The van der Waals surface area contributed by atoms with E-state index in [-0.39, 0.29) is 5.91 Å². The molecule has 0 aliphatic carbocycles. The van der Waals surface area contributed by atoms with Gasteiger partial charge in [0, 0.05) is 13.1 Å².